The Labute approximate surface area is 103 Å². The zero-order chi connectivity index (χ0) is 13.3. The van der Waals surface area contributed by atoms with Crippen LogP contribution in [0.1, 0.15) is 5.56 Å². The molecule has 0 N–H and O–H groups in total. The Balaban J connectivity index is 0.000000770. The lowest BCUT2D eigenvalue weighted by Gasteiger charge is -2.24. The number of carbonyl (C=O) groups is 1. The number of carbonyl (C=O) groups excluding carboxylic acids is 1. The van der Waals surface area contributed by atoms with Crippen LogP contribution in [0.2, 0.25) is 0 Å². The highest BCUT2D eigenvalue weighted by molar-refractivity contribution is 5.33. The molecule has 0 saturated carbocycles. The van der Waals surface area contributed by atoms with Gasteiger partial charge in [0.05, 0.1) is 34.8 Å². The van der Waals surface area contributed by atoms with Crippen LogP contribution in [-0.4, -0.2) is 45.8 Å². The first-order chi connectivity index (χ1) is 7.94. The first kappa shape index (κ1) is 15.4. The quantitative estimate of drug-likeness (QED) is 0.561. The number of rotatable bonds is 4. The predicted molar refractivity (Wildman–Crippen MR) is 65.7 cm³/mol. The molecule has 17 heavy (non-hydrogen) atoms. The number of methoxy groups -OCH3 is 1. The molecule has 0 aliphatic carbocycles. The van der Waals surface area contributed by atoms with Gasteiger partial charge in [-0.05, 0) is 11.6 Å². The van der Waals surface area contributed by atoms with Gasteiger partial charge in [0.2, 0.25) is 0 Å². The molecule has 1 aromatic rings. The molecule has 0 fully saturated rings. The van der Waals surface area contributed by atoms with E-state index in [2.05, 4.69) is 33.3 Å². The standard InChI is InChI=1S/C12H20NO.CH2O2/c1-13(2,3)10-9-11-7-5-6-8-12(11)14-4;2-1-3/h5-8H,9-10H2,1-4H3;1H,(H,2,3)/q+1;/p-1. The van der Waals surface area contributed by atoms with Crippen molar-refractivity contribution in [2.24, 2.45) is 0 Å². The van der Waals surface area contributed by atoms with E-state index in [1.807, 2.05) is 12.1 Å². The molecule has 0 heterocycles. The largest absolute Gasteiger partial charge is 0.554 e. The lowest BCUT2D eigenvalue weighted by atomic mass is 10.1. The zero-order valence-corrected chi connectivity index (χ0v) is 11.0. The number of carboxylic acid groups (broad SMARTS) is 1. The van der Waals surface area contributed by atoms with Gasteiger partial charge in [0.25, 0.3) is 0 Å². The summed E-state index contributed by atoms with van der Waals surface area (Å²) < 4.78 is 6.29. The summed E-state index contributed by atoms with van der Waals surface area (Å²) in [4.78, 5) is 8.25. The minimum Gasteiger partial charge on any atom is -0.554 e. The first-order valence-electron chi connectivity index (χ1n) is 5.42. The van der Waals surface area contributed by atoms with Crippen LogP contribution in [0, 0.1) is 0 Å². The summed E-state index contributed by atoms with van der Waals surface area (Å²) in [6, 6.07) is 8.22. The Morgan fingerprint density at radius 3 is 2.29 bits per heavy atom. The van der Waals surface area contributed by atoms with Gasteiger partial charge < -0.3 is 19.1 Å². The van der Waals surface area contributed by atoms with Gasteiger partial charge in [-0.3, -0.25) is 0 Å². The minimum absolute atomic E-state index is 0.500. The molecule has 0 spiro atoms. The van der Waals surface area contributed by atoms with E-state index in [1.54, 1.807) is 7.11 Å². The molecule has 0 aliphatic heterocycles. The second-order valence-electron chi connectivity index (χ2n) is 4.67. The average Bonchev–Trinajstić information content (AvgIpc) is 2.27. The Morgan fingerprint density at radius 1 is 1.29 bits per heavy atom. The SMILES string of the molecule is COc1ccccc1CC[N+](C)(C)C.O=C[O-]. The van der Waals surface area contributed by atoms with Gasteiger partial charge in [-0.15, -0.1) is 0 Å². The molecule has 0 aliphatic rings. The van der Waals surface area contributed by atoms with E-state index in [0.717, 1.165) is 23.2 Å². The van der Waals surface area contributed by atoms with E-state index >= 15 is 0 Å². The van der Waals surface area contributed by atoms with Crippen LogP contribution >= 0.6 is 0 Å². The van der Waals surface area contributed by atoms with Crippen molar-refractivity contribution < 1.29 is 19.1 Å². The fourth-order valence-corrected chi connectivity index (χ4v) is 1.37. The van der Waals surface area contributed by atoms with E-state index in [-0.39, 0.29) is 0 Å². The number of likely N-dealkylation sites (N-methyl/N-ethyl adjacent to an activating group) is 1. The molecular weight excluding hydrogens is 218 g/mol. The van der Waals surface area contributed by atoms with Crippen molar-refractivity contribution in [2.45, 2.75) is 6.42 Å². The number of ether oxygens (including phenoxy) is 1. The van der Waals surface area contributed by atoms with Crippen molar-refractivity contribution >= 4 is 6.47 Å². The molecule has 1 aromatic carbocycles. The van der Waals surface area contributed by atoms with Crippen molar-refractivity contribution in [1.82, 2.24) is 0 Å². The number of hydrogen-bond donors (Lipinski definition) is 0. The highest BCUT2D eigenvalue weighted by atomic mass is 16.5. The number of para-hydroxylation sites is 1. The van der Waals surface area contributed by atoms with Crippen LogP contribution in [0.5, 0.6) is 5.75 Å². The predicted octanol–water partition coefficient (Wildman–Crippen LogP) is 0.310. The van der Waals surface area contributed by atoms with Crippen LogP contribution in [-0.2, 0) is 11.2 Å². The topological polar surface area (TPSA) is 49.4 Å². The third-order valence-electron chi connectivity index (χ3n) is 2.24. The maximum absolute atomic E-state index is 8.25. The molecule has 0 bridgehead atoms. The van der Waals surface area contributed by atoms with Crippen molar-refractivity contribution in [3.8, 4) is 5.75 Å². The van der Waals surface area contributed by atoms with E-state index in [4.69, 9.17) is 14.6 Å². The normalized spacial score (nSPS) is 10.1. The van der Waals surface area contributed by atoms with E-state index in [9.17, 15) is 0 Å². The summed E-state index contributed by atoms with van der Waals surface area (Å²) >= 11 is 0. The highest BCUT2D eigenvalue weighted by Gasteiger charge is 2.09. The van der Waals surface area contributed by atoms with Crippen molar-refractivity contribution in [2.75, 3.05) is 34.8 Å². The Kier molecular flexibility index (Phi) is 6.98. The fourth-order valence-electron chi connectivity index (χ4n) is 1.37. The fraction of sp³-hybridized carbons (Fsp3) is 0.462. The number of nitrogens with zero attached hydrogens (tertiary/aromatic N) is 1. The molecule has 0 unspecified atom stereocenters. The second-order valence-corrected chi connectivity index (χ2v) is 4.67. The van der Waals surface area contributed by atoms with E-state index in [0.29, 0.717) is 0 Å². The summed E-state index contributed by atoms with van der Waals surface area (Å²) in [6.07, 6.45) is 1.06. The Morgan fingerprint density at radius 2 is 1.82 bits per heavy atom. The monoisotopic (exact) mass is 239 g/mol. The Bertz CT molecular complexity index is 332. The summed E-state index contributed by atoms with van der Waals surface area (Å²) in [7, 11) is 8.34. The van der Waals surface area contributed by atoms with Gasteiger partial charge in [-0.2, -0.15) is 0 Å². The van der Waals surface area contributed by atoms with Crippen molar-refractivity contribution in [3.63, 3.8) is 0 Å². The van der Waals surface area contributed by atoms with Crippen LogP contribution in [0.3, 0.4) is 0 Å². The molecule has 0 saturated heterocycles. The van der Waals surface area contributed by atoms with E-state index < -0.39 is 6.47 Å². The highest BCUT2D eigenvalue weighted by Crippen LogP contribution is 2.18. The summed E-state index contributed by atoms with van der Waals surface area (Å²) in [5.41, 5.74) is 1.29. The first-order valence-corrected chi connectivity index (χ1v) is 5.42. The molecule has 0 atom stereocenters. The van der Waals surface area contributed by atoms with Crippen LogP contribution in [0.25, 0.3) is 0 Å². The minimum atomic E-state index is -0.500. The van der Waals surface area contributed by atoms with Crippen molar-refractivity contribution in [3.05, 3.63) is 29.8 Å². The maximum atomic E-state index is 8.25. The maximum Gasteiger partial charge on any atom is 0.122 e. The van der Waals surface area contributed by atoms with Gasteiger partial charge in [-0.1, -0.05) is 18.2 Å². The summed E-state index contributed by atoms with van der Waals surface area (Å²) in [5, 5.41) is 8.25. The second kappa shape index (κ2) is 7.68. The average molecular weight is 239 g/mol. The van der Waals surface area contributed by atoms with Gasteiger partial charge in [0.15, 0.2) is 0 Å². The number of hydrogen-bond acceptors (Lipinski definition) is 3. The third-order valence-corrected chi connectivity index (χ3v) is 2.24. The van der Waals surface area contributed by atoms with Crippen molar-refractivity contribution in [1.29, 1.82) is 0 Å². The van der Waals surface area contributed by atoms with Gasteiger partial charge in [0, 0.05) is 12.9 Å². The smallest absolute Gasteiger partial charge is 0.122 e. The molecular formula is C13H21NO3. The van der Waals surface area contributed by atoms with Gasteiger partial charge in [0.1, 0.15) is 5.75 Å². The molecule has 0 aromatic heterocycles. The number of benzene rings is 1. The summed E-state index contributed by atoms with van der Waals surface area (Å²) in [5.74, 6) is 1.00. The number of quaternary nitrogens is 1. The lowest BCUT2D eigenvalue weighted by molar-refractivity contribution is -0.870. The zero-order valence-electron chi connectivity index (χ0n) is 11.0. The van der Waals surface area contributed by atoms with Crippen LogP contribution in [0.4, 0.5) is 0 Å². The molecule has 4 heteroatoms. The third kappa shape index (κ3) is 7.36. The van der Waals surface area contributed by atoms with E-state index in [1.165, 1.54) is 5.56 Å². The lowest BCUT2D eigenvalue weighted by Crippen LogP contribution is -2.36. The Hall–Kier alpha value is -1.55. The molecule has 0 amide bonds. The van der Waals surface area contributed by atoms with Crippen LogP contribution < -0.4 is 9.84 Å². The van der Waals surface area contributed by atoms with Gasteiger partial charge >= 0.3 is 0 Å². The van der Waals surface area contributed by atoms with Crippen LogP contribution in [0.15, 0.2) is 24.3 Å². The van der Waals surface area contributed by atoms with Gasteiger partial charge in [-0.25, -0.2) is 0 Å². The molecule has 0 radical (unpaired) electrons. The molecule has 96 valence electrons. The summed E-state index contributed by atoms with van der Waals surface area (Å²) in [6.45, 7) is 0.625. The molecule has 4 nitrogen and oxygen atoms in total. The molecule has 1 rings (SSSR count).